The zero-order valence-corrected chi connectivity index (χ0v) is 7.92. The van der Waals surface area contributed by atoms with E-state index in [0.29, 0.717) is 0 Å². The Morgan fingerprint density at radius 1 is 1.79 bits per heavy atom. The molecule has 0 amide bonds. The maximum absolute atomic E-state index is 10.2. The molecular weight excluding hydrogens is 182 g/mol. The van der Waals surface area contributed by atoms with Gasteiger partial charge in [-0.15, -0.1) is 0 Å². The molecule has 0 saturated carbocycles. The highest BCUT2D eigenvalue weighted by Crippen LogP contribution is 1.91. The van der Waals surface area contributed by atoms with Crippen LogP contribution in [-0.2, 0) is 11.3 Å². The van der Waals surface area contributed by atoms with Crippen LogP contribution in [0.2, 0.25) is 0 Å². The van der Waals surface area contributed by atoms with Crippen molar-refractivity contribution >= 4 is 5.97 Å². The van der Waals surface area contributed by atoms with Crippen molar-refractivity contribution in [1.29, 1.82) is 0 Å². The third-order valence-corrected chi connectivity index (χ3v) is 1.65. The molecule has 0 aliphatic carbocycles. The van der Waals surface area contributed by atoms with Gasteiger partial charge in [0.1, 0.15) is 0 Å². The van der Waals surface area contributed by atoms with Gasteiger partial charge in [0.2, 0.25) is 0 Å². The van der Waals surface area contributed by atoms with Gasteiger partial charge in [0.05, 0.1) is 6.33 Å². The van der Waals surface area contributed by atoms with E-state index in [9.17, 15) is 4.79 Å². The average molecular weight is 195 g/mol. The number of carbonyl (C=O) groups is 1. The molecule has 5 nitrogen and oxygen atoms in total. The zero-order chi connectivity index (χ0) is 10.4. The number of imidazole rings is 1. The highest BCUT2D eigenvalue weighted by molar-refractivity contribution is 5.79. The predicted octanol–water partition coefficient (Wildman–Crippen LogP) is 0.460. The van der Waals surface area contributed by atoms with Gasteiger partial charge >= 0.3 is 5.97 Å². The van der Waals surface area contributed by atoms with Crippen molar-refractivity contribution in [3.63, 3.8) is 0 Å². The van der Waals surface area contributed by atoms with E-state index in [1.54, 1.807) is 12.5 Å². The van der Waals surface area contributed by atoms with Crippen LogP contribution in [0.5, 0.6) is 0 Å². The van der Waals surface area contributed by atoms with Crippen molar-refractivity contribution in [1.82, 2.24) is 14.9 Å². The first-order valence-electron chi connectivity index (χ1n) is 4.30. The van der Waals surface area contributed by atoms with Crippen LogP contribution in [0.1, 0.15) is 6.92 Å². The molecule has 5 heteroatoms. The summed E-state index contributed by atoms with van der Waals surface area (Å²) in [6, 6.07) is 0.166. The Morgan fingerprint density at radius 3 is 3.14 bits per heavy atom. The molecule has 0 fully saturated rings. The molecule has 1 aromatic heterocycles. The molecule has 0 radical (unpaired) electrons. The van der Waals surface area contributed by atoms with E-state index in [0.717, 1.165) is 12.6 Å². The minimum Gasteiger partial charge on any atom is -0.478 e. The van der Waals surface area contributed by atoms with Crippen LogP contribution >= 0.6 is 0 Å². The topological polar surface area (TPSA) is 67.2 Å². The molecule has 2 N–H and O–H groups in total. The summed E-state index contributed by atoms with van der Waals surface area (Å²) in [4.78, 5) is 14.1. The van der Waals surface area contributed by atoms with Crippen molar-refractivity contribution in [3.8, 4) is 0 Å². The molecule has 1 unspecified atom stereocenters. The molecule has 1 heterocycles. The minimum atomic E-state index is -0.952. The van der Waals surface area contributed by atoms with Gasteiger partial charge in [-0.3, -0.25) is 0 Å². The summed E-state index contributed by atoms with van der Waals surface area (Å²) in [5.41, 5.74) is 0. The summed E-state index contributed by atoms with van der Waals surface area (Å²) >= 11 is 0. The maximum Gasteiger partial charge on any atom is 0.329 e. The van der Waals surface area contributed by atoms with Gasteiger partial charge in [0, 0.05) is 37.3 Å². The number of rotatable bonds is 5. The number of carboxylic acid groups (broad SMARTS) is 1. The zero-order valence-electron chi connectivity index (χ0n) is 7.92. The molecule has 1 rings (SSSR count). The number of hydrogen-bond acceptors (Lipinski definition) is 3. The summed E-state index contributed by atoms with van der Waals surface area (Å²) in [7, 11) is 0. The molecule has 0 aliphatic rings. The normalized spacial score (nSPS) is 12.9. The Hall–Kier alpha value is -1.78. The van der Waals surface area contributed by atoms with Gasteiger partial charge in [-0.2, -0.15) is 0 Å². The molecule has 0 aliphatic heterocycles. The molecule has 0 spiro atoms. The largest absolute Gasteiger partial charge is 0.478 e. The first-order chi connectivity index (χ1) is 6.68. The van der Waals surface area contributed by atoms with E-state index < -0.39 is 5.97 Å². The molecule has 76 valence electrons. The SMILES string of the molecule is CC(Cn1ccnc1)N/C=C/C(=O)O. The second-order valence-corrected chi connectivity index (χ2v) is 3.00. The van der Waals surface area contributed by atoms with E-state index in [1.165, 1.54) is 6.20 Å². The first kappa shape index (κ1) is 10.3. The van der Waals surface area contributed by atoms with Gasteiger partial charge in [-0.05, 0) is 6.92 Å². The summed E-state index contributed by atoms with van der Waals surface area (Å²) in [5.74, 6) is -0.952. The van der Waals surface area contributed by atoms with Gasteiger partial charge in [0.25, 0.3) is 0 Å². The molecule has 0 saturated heterocycles. The maximum atomic E-state index is 10.2. The van der Waals surface area contributed by atoms with Gasteiger partial charge < -0.3 is 15.0 Å². The van der Waals surface area contributed by atoms with Crippen molar-refractivity contribution in [2.45, 2.75) is 19.5 Å². The second-order valence-electron chi connectivity index (χ2n) is 3.00. The molecule has 0 bridgehead atoms. The second kappa shape index (κ2) is 5.06. The van der Waals surface area contributed by atoms with E-state index in [2.05, 4.69) is 10.3 Å². The van der Waals surface area contributed by atoms with E-state index in [-0.39, 0.29) is 6.04 Å². The number of nitrogens with one attached hydrogen (secondary N) is 1. The average Bonchev–Trinajstić information content (AvgIpc) is 2.56. The van der Waals surface area contributed by atoms with Crippen LogP contribution in [-0.4, -0.2) is 26.7 Å². The van der Waals surface area contributed by atoms with Gasteiger partial charge in [0.15, 0.2) is 0 Å². The quantitative estimate of drug-likeness (QED) is 0.670. The van der Waals surface area contributed by atoms with E-state index in [4.69, 9.17) is 5.11 Å². The van der Waals surface area contributed by atoms with Crippen molar-refractivity contribution in [2.75, 3.05) is 0 Å². The summed E-state index contributed by atoms with van der Waals surface area (Å²) in [5, 5.41) is 11.3. The number of hydrogen-bond donors (Lipinski definition) is 2. The standard InChI is InChI=1S/C9H13N3O2/c1-8(11-3-2-9(13)14)6-12-5-4-10-7-12/h2-5,7-8,11H,6H2,1H3,(H,13,14)/b3-2+. The van der Waals surface area contributed by atoms with Crippen molar-refractivity contribution in [3.05, 3.63) is 31.0 Å². The number of nitrogens with zero attached hydrogens (tertiary/aromatic N) is 2. The number of aromatic nitrogens is 2. The predicted molar refractivity (Wildman–Crippen MR) is 51.6 cm³/mol. The van der Waals surface area contributed by atoms with E-state index in [1.807, 2.05) is 17.7 Å². The highest BCUT2D eigenvalue weighted by Gasteiger charge is 1.98. The Labute approximate surface area is 82.1 Å². The lowest BCUT2D eigenvalue weighted by atomic mass is 10.3. The van der Waals surface area contributed by atoms with Crippen LogP contribution in [0.25, 0.3) is 0 Å². The summed E-state index contributed by atoms with van der Waals surface area (Å²) in [6.45, 7) is 2.72. The van der Waals surface area contributed by atoms with Crippen molar-refractivity contribution < 1.29 is 9.90 Å². The number of aliphatic carboxylic acids is 1. The van der Waals surface area contributed by atoms with Crippen LogP contribution in [0.15, 0.2) is 31.0 Å². The minimum absolute atomic E-state index is 0.166. The van der Waals surface area contributed by atoms with Crippen LogP contribution in [0, 0.1) is 0 Å². The van der Waals surface area contributed by atoms with Crippen LogP contribution < -0.4 is 5.32 Å². The first-order valence-corrected chi connectivity index (χ1v) is 4.30. The molecule has 1 atom stereocenters. The third-order valence-electron chi connectivity index (χ3n) is 1.65. The lowest BCUT2D eigenvalue weighted by Gasteiger charge is -2.11. The fourth-order valence-corrected chi connectivity index (χ4v) is 1.05. The fourth-order valence-electron chi connectivity index (χ4n) is 1.05. The Kier molecular flexibility index (Phi) is 3.72. The molecule has 14 heavy (non-hydrogen) atoms. The summed E-state index contributed by atoms with van der Waals surface area (Å²) in [6.07, 6.45) is 7.80. The van der Waals surface area contributed by atoms with Gasteiger partial charge in [-0.25, -0.2) is 9.78 Å². The van der Waals surface area contributed by atoms with Gasteiger partial charge in [-0.1, -0.05) is 0 Å². The molecule has 0 aromatic carbocycles. The lowest BCUT2D eigenvalue weighted by molar-refractivity contribution is -0.131. The van der Waals surface area contributed by atoms with Crippen LogP contribution in [0.3, 0.4) is 0 Å². The fraction of sp³-hybridized carbons (Fsp3) is 0.333. The monoisotopic (exact) mass is 195 g/mol. The van der Waals surface area contributed by atoms with E-state index >= 15 is 0 Å². The lowest BCUT2D eigenvalue weighted by Crippen LogP contribution is -2.25. The Balaban J connectivity index is 2.29. The summed E-state index contributed by atoms with van der Waals surface area (Å²) < 4.78 is 1.92. The Bertz CT molecular complexity index is 306. The highest BCUT2D eigenvalue weighted by atomic mass is 16.4. The Morgan fingerprint density at radius 2 is 2.57 bits per heavy atom. The molecule has 1 aromatic rings. The van der Waals surface area contributed by atoms with Crippen molar-refractivity contribution in [2.24, 2.45) is 0 Å². The van der Waals surface area contributed by atoms with Crippen LogP contribution in [0.4, 0.5) is 0 Å². The molecular formula is C9H13N3O2. The smallest absolute Gasteiger partial charge is 0.329 e. The third kappa shape index (κ3) is 3.75. The number of carboxylic acids is 1.